The van der Waals surface area contributed by atoms with E-state index in [1.807, 2.05) is 18.2 Å². The first kappa shape index (κ1) is 11.4. The largest absolute Gasteiger partial charge is 0.387 e. The number of rotatable bonds is 5. The number of hydrogen-bond acceptors (Lipinski definition) is 2. The number of allylic oxidation sites excluding steroid dienone is 1. The van der Waals surface area contributed by atoms with Crippen LogP contribution >= 0.6 is 15.9 Å². The summed E-state index contributed by atoms with van der Waals surface area (Å²) in [6, 6.07) is 3.72. The summed E-state index contributed by atoms with van der Waals surface area (Å²) in [6.07, 6.45) is 5.73. The number of aliphatic hydroxyl groups is 1. The molecule has 0 aliphatic heterocycles. The first-order chi connectivity index (χ1) is 6.74. The second kappa shape index (κ2) is 5.94. The molecule has 0 aliphatic carbocycles. The predicted molar refractivity (Wildman–Crippen MR) is 60.9 cm³/mol. The van der Waals surface area contributed by atoms with Gasteiger partial charge in [0.2, 0.25) is 0 Å². The van der Waals surface area contributed by atoms with Gasteiger partial charge in [-0.25, -0.2) is 0 Å². The van der Waals surface area contributed by atoms with Gasteiger partial charge in [-0.15, -0.1) is 6.58 Å². The molecule has 0 bridgehead atoms. The highest BCUT2D eigenvalue weighted by atomic mass is 79.9. The lowest BCUT2D eigenvalue weighted by molar-refractivity contribution is 0.160. The molecule has 0 amide bonds. The van der Waals surface area contributed by atoms with Gasteiger partial charge in [-0.05, 0) is 47.3 Å². The van der Waals surface area contributed by atoms with Crippen LogP contribution in [0, 0.1) is 0 Å². The molecular weight excluding hydrogens is 242 g/mol. The average Bonchev–Trinajstić information content (AvgIpc) is 2.19. The summed E-state index contributed by atoms with van der Waals surface area (Å²) in [7, 11) is 0. The van der Waals surface area contributed by atoms with Crippen molar-refractivity contribution in [1.29, 1.82) is 0 Å². The van der Waals surface area contributed by atoms with Crippen LogP contribution < -0.4 is 0 Å². The quantitative estimate of drug-likeness (QED) is 0.648. The molecule has 3 heteroatoms. The van der Waals surface area contributed by atoms with Gasteiger partial charge >= 0.3 is 0 Å². The lowest BCUT2D eigenvalue weighted by Gasteiger charge is -2.08. The van der Waals surface area contributed by atoms with Crippen LogP contribution in [0.1, 0.15) is 31.1 Å². The molecule has 0 fully saturated rings. The molecule has 1 heterocycles. The molecule has 2 nitrogen and oxygen atoms in total. The fraction of sp³-hybridized carbons (Fsp3) is 0.364. The standard InChI is InChI=1S/C11H14BrNO/c1-2-3-4-5-11(14)10-7-6-9(12)8-13-10/h2,6-8,11,14H,1,3-5H2. The summed E-state index contributed by atoms with van der Waals surface area (Å²) in [5, 5.41) is 9.73. The van der Waals surface area contributed by atoms with Crippen LogP contribution in [0.5, 0.6) is 0 Å². The fourth-order valence-corrected chi connectivity index (χ4v) is 1.42. The van der Waals surface area contributed by atoms with E-state index in [9.17, 15) is 5.11 Å². The van der Waals surface area contributed by atoms with E-state index in [4.69, 9.17) is 0 Å². The molecule has 0 aromatic carbocycles. The van der Waals surface area contributed by atoms with Crippen LogP contribution in [-0.2, 0) is 0 Å². The van der Waals surface area contributed by atoms with Crippen molar-refractivity contribution in [2.45, 2.75) is 25.4 Å². The molecule has 1 atom stereocenters. The molecule has 14 heavy (non-hydrogen) atoms. The van der Waals surface area contributed by atoms with E-state index in [0.29, 0.717) is 0 Å². The normalized spacial score (nSPS) is 12.4. The summed E-state index contributed by atoms with van der Waals surface area (Å²) >= 11 is 3.30. The molecule has 0 spiro atoms. The SMILES string of the molecule is C=CCCCC(O)c1ccc(Br)cn1. The Morgan fingerprint density at radius 1 is 1.57 bits per heavy atom. The van der Waals surface area contributed by atoms with E-state index >= 15 is 0 Å². The Morgan fingerprint density at radius 2 is 2.36 bits per heavy atom. The Labute approximate surface area is 92.8 Å². The third kappa shape index (κ3) is 3.60. The van der Waals surface area contributed by atoms with Crippen molar-refractivity contribution >= 4 is 15.9 Å². The monoisotopic (exact) mass is 255 g/mol. The van der Waals surface area contributed by atoms with E-state index in [1.165, 1.54) is 0 Å². The van der Waals surface area contributed by atoms with Crippen molar-refractivity contribution in [3.63, 3.8) is 0 Å². The van der Waals surface area contributed by atoms with Gasteiger partial charge in [0.1, 0.15) is 0 Å². The van der Waals surface area contributed by atoms with Gasteiger partial charge in [-0.2, -0.15) is 0 Å². The highest BCUT2D eigenvalue weighted by Gasteiger charge is 2.07. The molecule has 1 aromatic rings. The van der Waals surface area contributed by atoms with E-state index < -0.39 is 6.10 Å². The molecule has 1 N–H and O–H groups in total. The van der Waals surface area contributed by atoms with Crippen molar-refractivity contribution < 1.29 is 5.11 Å². The minimum atomic E-state index is -0.456. The first-order valence-electron chi connectivity index (χ1n) is 4.64. The molecule has 0 aliphatic rings. The summed E-state index contributed by atoms with van der Waals surface area (Å²) in [5.74, 6) is 0. The molecular formula is C11H14BrNO. The molecule has 1 aromatic heterocycles. The molecule has 0 saturated heterocycles. The Balaban J connectivity index is 2.47. The van der Waals surface area contributed by atoms with E-state index in [1.54, 1.807) is 6.20 Å². The lowest BCUT2D eigenvalue weighted by Crippen LogP contribution is -1.99. The van der Waals surface area contributed by atoms with Crippen LogP contribution in [0.3, 0.4) is 0 Å². The first-order valence-corrected chi connectivity index (χ1v) is 5.43. The molecule has 1 unspecified atom stereocenters. The molecule has 0 radical (unpaired) electrons. The summed E-state index contributed by atoms with van der Waals surface area (Å²) < 4.78 is 0.930. The summed E-state index contributed by atoms with van der Waals surface area (Å²) in [4.78, 5) is 4.13. The number of hydrogen-bond donors (Lipinski definition) is 1. The number of unbranched alkanes of at least 4 members (excludes halogenated alkanes) is 1. The zero-order valence-electron chi connectivity index (χ0n) is 7.99. The number of aromatic nitrogens is 1. The van der Waals surface area contributed by atoms with Gasteiger partial charge in [0, 0.05) is 10.7 Å². The summed E-state index contributed by atoms with van der Waals surface area (Å²) in [5.41, 5.74) is 0.734. The Kier molecular flexibility index (Phi) is 4.84. The van der Waals surface area contributed by atoms with Crippen LogP contribution in [-0.4, -0.2) is 10.1 Å². The molecule has 76 valence electrons. The number of pyridine rings is 1. The van der Waals surface area contributed by atoms with Crippen LogP contribution in [0.15, 0.2) is 35.5 Å². The van der Waals surface area contributed by atoms with Crippen molar-refractivity contribution in [1.82, 2.24) is 4.98 Å². The van der Waals surface area contributed by atoms with Crippen LogP contribution in [0.2, 0.25) is 0 Å². The topological polar surface area (TPSA) is 33.1 Å². The maximum absolute atomic E-state index is 9.73. The van der Waals surface area contributed by atoms with Crippen molar-refractivity contribution in [3.05, 3.63) is 41.2 Å². The number of aliphatic hydroxyl groups excluding tert-OH is 1. The second-order valence-corrected chi connectivity index (χ2v) is 4.05. The van der Waals surface area contributed by atoms with Crippen LogP contribution in [0.4, 0.5) is 0 Å². The van der Waals surface area contributed by atoms with E-state index in [-0.39, 0.29) is 0 Å². The zero-order chi connectivity index (χ0) is 10.4. The second-order valence-electron chi connectivity index (χ2n) is 3.14. The van der Waals surface area contributed by atoms with Gasteiger partial charge in [0.05, 0.1) is 11.8 Å². The van der Waals surface area contributed by atoms with Gasteiger partial charge in [-0.3, -0.25) is 4.98 Å². The zero-order valence-corrected chi connectivity index (χ0v) is 9.57. The number of nitrogens with zero attached hydrogens (tertiary/aromatic N) is 1. The number of halogens is 1. The van der Waals surface area contributed by atoms with E-state index in [0.717, 1.165) is 29.4 Å². The van der Waals surface area contributed by atoms with Gasteiger partial charge in [0.25, 0.3) is 0 Å². The maximum Gasteiger partial charge on any atom is 0.0959 e. The lowest BCUT2D eigenvalue weighted by atomic mass is 10.1. The van der Waals surface area contributed by atoms with Crippen molar-refractivity contribution in [2.75, 3.05) is 0 Å². The highest BCUT2D eigenvalue weighted by Crippen LogP contribution is 2.18. The highest BCUT2D eigenvalue weighted by molar-refractivity contribution is 9.10. The minimum Gasteiger partial charge on any atom is -0.387 e. The Morgan fingerprint density at radius 3 is 2.93 bits per heavy atom. The van der Waals surface area contributed by atoms with Gasteiger partial charge in [0.15, 0.2) is 0 Å². The smallest absolute Gasteiger partial charge is 0.0959 e. The predicted octanol–water partition coefficient (Wildman–Crippen LogP) is 3.23. The maximum atomic E-state index is 9.73. The third-order valence-corrected chi connectivity index (χ3v) is 2.45. The van der Waals surface area contributed by atoms with Gasteiger partial charge in [-0.1, -0.05) is 6.08 Å². The minimum absolute atomic E-state index is 0.456. The molecule has 0 saturated carbocycles. The Bertz CT molecular complexity index is 284. The third-order valence-electron chi connectivity index (χ3n) is 1.98. The van der Waals surface area contributed by atoms with Gasteiger partial charge < -0.3 is 5.11 Å². The van der Waals surface area contributed by atoms with Crippen molar-refractivity contribution in [3.8, 4) is 0 Å². The van der Waals surface area contributed by atoms with Crippen molar-refractivity contribution in [2.24, 2.45) is 0 Å². The Hall–Kier alpha value is -0.670. The average molecular weight is 256 g/mol. The van der Waals surface area contributed by atoms with E-state index in [2.05, 4.69) is 27.5 Å². The fourth-order valence-electron chi connectivity index (χ4n) is 1.19. The van der Waals surface area contributed by atoms with Crippen LogP contribution in [0.25, 0.3) is 0 Å². The molecule has 1 rings (SSSR count). The summed E-state index contributed by atoms with van der Waals surface area (Å²) in [6.45, 7) is 3.64.